The topological polar surface area (TPSA) is 12.5 Å². The average molecular weight is 298 g/mol. The number of hydrogen-bond acceptors (Lipinski definition) is 2. The highest BCUT2D eigenvalue weighted by molar-refractivity contribution is 9.10. The van der Waals surface area contributed by atoms with Crippen LogP contribution in [0, 0.1) is 11.8 Å². The van der Waals surface area contributed by atoms with E-state index in [0.717, 1.165) is 28.6 Å². The molecular formula is C14H20BrNO. The minimum Gasteiger partial charge on any atom is -0.496 e. The number of benzene rings is 1. The molecule has 0 N–H and O–H groups in total. The molecule has 17 heavy (non-hydrogen) atoms. The Bertz CT molecular complexity index is 394. The molecular weight excluding hydrogens is 278 g/mol. The van der Waals surface area contributed by atoms with Crippen molar-refractivity contribution in [2.24, 2.45) is 11.8 Å². The molecule has 0 spiro atoms. The van der Waals surface area contributed by atoms with E-state index in [2.05, 4.69) is 40.9 Å². The molecule has 0 saturated heterocycles. The van der Waals surface area contributed by atoms with Crippen molar-refractivity contribution in [3.05, 3.63) is 28.2 Å². The van der Waals surface area contributed by atoms with Gasteiger partial charge in [-0.25, -0.2) is 0 Å². The lowest BCUT2D eigenvalue weighted by Gasteiger charge is -2.18. The number of rotatable bonds is 5. The first kappa shape index (κ1) is 12.9. The van der Waals surface area contributed by atoms with Gasteiger partial charge in [0.1, 0.15) is 5.75 Å². The van der Waals surface area contributed by atoms with Crippen molar-refractivity contribution in [3.63, 3.8) is 0 Å². The lowest BCUT2D eigenvalue weighted by molar-refractivity contribution is 0.300. The van der Waals surface area contributed by atoms with E-state index in [1.165, 1.54) is 18.5 Å². The van der Waals surface area contributed by atoms with Crippen LogP contribution in [0.1, 0.15) is 18.9 Å². The van der Waals surface area contributed by atoms with Gasteiger partial charge in [0, 0.05) is 23.1 Å². The van der Waals surface area contributed by atoms with E-state index < -0.39 is 0 Å². The highest BCUT2D eigenvalue weighted by Gasteiger charge is 2.33. The molecule has 1 aromatic carbocycles. The number of ether oxygens (including phenoxy) is 1. The van der Waals surface area contributed by atoms with E-state index in [1.807, 2.05) is 12.1 Å². The first-order valence-electron chi connectivity index (χ1n) is 6.11. The lowest BCUT2D eigenvalue weighted by atomic mass is 10.2. The highest BCUT2D eigenvalue weighted by Crippen LogP contribution is 2.38. The fraction of sp³-hybridized carbons (Fsp3) is 0.571. The normalized spacial score (nSPS) is 22.9. The van der Waals surface area contributed by atoms with Crippen LogP contribution in [-0.2, 0) is 6.54 Å². The Morgan fingerprint density at radius 3 is 2.76 bits per heavy atom. The summed E-state index contributed by atoms with van der Waals surface area (Å²) in [5, 5.41) is 0. The third-order valence-electron chi connectivity index (χ3n) is 3.51. The van der Waals surface area contributed by atoms with Crippen LogP contribution in [0.25, 0.3) is 0 Å². The van der Waals surface area contributed by atoms with Crippen LogP contribution in [0.2, 0.25) is 0 Å². The molecule has 0 aliphatic heterocycles. The second-order valence-electron chi connectivity index (χ2n) is 5.13. The van der Waals surface area contributed by atoms with Gasteiger partial charge in [-0.15, -0.1) is 0 Å². The monoisotopic (exact) mass is 297 g/mol. The predicted molar refractivity (Wildman–Crippen MR) is 74.3 cm³/mol. The van der Waals surface area contributed by atoms with Crippen LogP contribution >= 0.6 is 15.9 Å². The molecule has 2 nitrogen and oxygen atoms in total. The first-order valence-corrected chi connectivity index (χ1v) is 6.90. The first-order chi connectivity index (χ1) is 8.10. The molecule has 0 bridgehead atoms. The molecule has 1 aromatic rings. The highest BCUT2D eigenvalue weighted by atomic mass is 79.9. The van der Waals surface area contributed by atoms with E-state index in [4.69, 9.17) is 4.74 Å². The summed E-state index contributed by atoms with van der Waals surface area (Å²) in [6.07, 6.45) is 1.39. The number of nitrogens with zero attached hydrogens (tertiary/aromatic N) is 1. The Kier molecular flexibility index (Phi) is 4.10. The third-order valence-corrected chi connectivity index (χ3v) is 4.00. The average Bonchev–Trinajstić information content (AvgIpc) is 2.94. The van der Waals surface area contributed by atoms with Gasteiger partial charge < -0.3 is 9.64 Å². The largest absolute Gasteiger partial charge is 0.496 e. The molecule has 0 amide bonds. The molecule has 2 atom stereocenters. The standard InChI is InChI=1S/C14H20BrNO/c1-10-6-11(10)8-16(2)9-12-7-13(15)4-5-14(12)17-3/h4-5,7,10-11H,6,8-9H2,1-3H3. The summed E-state index contributed by atoms with van der Waals surface area (Å²) in [5.41, 5.74) is 1.25. The Morgan fingerprint density at radius 2 is 2.18 bits per heavy atom. The fourth-order valence-corrected chi connectivity index (χ4v) is 2.69. The number of hydrogen-bond donors (Lipinski definition) is 0. The third kappa shape index (κ3) is 3.46. The lowest BCUT2D eigenvalue weighted by Crippen LogP contribution is -2.21. The van der Waals surface area contributed by atoms with Crippen molar-refractivity contribution in [2.75, 3.05) is 20.7 Å². The van der Waals surface area contributed by atoms with Gasteiger partial charge in [-0.05, 0) is 43.5 Å². The van der Waals surface area contributed by atoms with Gasteiger partial charge in [0.25, 0.3) is 0 Å². The van der Waals surface area contributed by atoms with Crippen molar-refractivity contribution >= 4 is 15.9 Å². The quantitative estimate of drug-likeness (QED) is 0.824. The van der Waals surface area contributed by atoms with Crippen LogP contribution in [0.3, 0.4) is 0 Å². The molecule has 2 rings (SSSR count). The summed E-state index contributed by atoms with van der Waals surface area (Å²) in [4.78, 5) is 2.39. The van der Waals surface area contributed by atoms with E-state index in [-0.39, 0.29) is 0 Å². The van der Waals surface area contributed by atoms with Crippen LogP contribution < -0.4 is 4.74 Å². The molecule has 94 valence electrons. The van der Waals surface area contributed by atoms with Crippen molar-refractivity contribution in [1.29, 1.82) is 0 Å². The maximum atomic E-state index is 5.40. The smallest absolute Gasteiger partial charge is 0.123 e. The fourth-order valence-electron chi connectivity index (χ4n) is 2.28. The summed E-state index contributed by atoms with van der Waals surface area (Å²) in [5.74, 6) is 2.80. The Labute approximate surface area is 112 Å². The molecule has 0 radical (unpaired) electrons. The van der Waals surface area contributed by atoms with Crippen LogP contribution in [0.15, 0.2) is 22.7 Å². The van der Waals surface area contributed by atoms with Gasteiger partial charge in [0.15, 0.2) is 0 Å². The zero-order valence-electron chi connectivity index (χ0n) is 10.7. The van der Waals surface area contributed by atoms with Crippen molar-refractivity contribution in [3.8, 4) is 5.75 Å². The summed E-state index contributed by atoms with van der Waals surface area (Å²) in [6, 6.07) is 6.18. The molecule has 1 saturated carbocycles. The van der Waals surface area contributed by atoms with Crippen molar-refractivity contribution in [2.45, 2.75) is 19.9 Å². The SMILES string of the molecule is COc1ccc(Br)cc1CN(C)CC1CC1C. The zero-order valence-corrected chi connectivity index (χ0v) is 12.3. The second kappa shape index (κ2) is 5.40. The van der Waals surface area contributed by atoms with Gasteiger partial charge in [-0.3, -0.25) is 0 Å². The maximum absolute atomic E-state index is 5.40. The van der Waals surface area contributed by atoms with Gasteiger partial charge >= 0.3 is 0 Å². The summed E-state index contributed by atoms with van der Waals surface area (Å²) in [7, 11) is 3.92. The number of methoxy groups -OCH3 is 1. The summed E-state index contributed by atoms with van der Waals surface area (Å²) < 4.78 is 6.51. The molecule has 0 heterocycles. The molecule has 0 aromatic heterocycles. The van der Waals surface area contributed by atoms with E-state index in [1.54, 1.807) is 7.11 Å². The van der Waals surface area contributed by atoms with E-state index in [9.17, 15) is 0 Å². The second-order valence-corrected chi connectivity index (χ2v) is 6.04. The van der Waals surface area contributed by atoms with Gasteiger partial charge in [0.05, 0.1) is 7.11 Å². The molecule has 3 heteroatoms. The maximum Gasteiger partial charge on any atom is 0.123 e. The zero-order chi connectivity index (χ0) is 12.4. The van der Waals surface area contributed by atoms with Gasteiger partial charge in [-0.1, -0.05) is 22.9 Å². The Balaban J connectivity index is 1.98. The molecule has 1 aliphatic carbocycles. The van der Waals surface area contributed by atoms with Crippen LogP contribution in [-0.4, -0.2) is 25.6 Å². The summed E-state index contributed by atoms with van der Waals surface area (Å²) >= 11 is 3.51. The number of halogens is 1. The van der Waals surface area contributed by atoms with Crippen LogP contribution in [0.4, 0.5) is 0 Å². The minimum absolute atomic E-state index is 0.901. The van der Waals surface area contributed by atoms with Crippen molar-refractivity contribution in [1.82, 2.24) is 4.90 Å². The Hall–Kier alpha value is -0.540. The molecule has 1 aliphatic rings. The predicted octanol–water partition coefficient (Wildman–Crippen LogP) is 3.55. The molecule has 1 fully saturated rings. The summed E-state index contributed by atoms with van der Waals surface area (Å²) in [6.45, 7) is 4.47. The minimum atomic E-state index is 0.901. The Morgan fingerprint density at radius 1 is 1.47 bits per heavy atom. The molecule has 2 unspecified atom stereocenters. The van der Waals surface area contributed by atoms with E-state index in [0.29, 0.717) is 0 Å². The van der Waals surface area contributed by atoms with E-state index >= 15 is 0 Å². The van der Waals surface area contributed by atoms with Gasteiger partial charge in [0.2, 0.25) is 0 Å². The van der Waals surface area contributed by atoms with Crippen molar-refractivity contribution < 1.29 is 4.74 Å². The van der Waals surface area contributed by atoms with Crippen LogP contribution in [0.5, 0.6) is 5.75 Å². The van der Waals surface area contributed by atoms with Gasteiger partial charge in [-0.2, -0.15) is 0 Å².